The SMILES string of the molecule is Cc1nc2c(Cl)cccc2c(N2CCC(N(C)CC(=O)O)CC2)c1C. The van der Waals surface area contributed by atoms with E-state index in [4.69, 9.17) is 16.7 Å². The number of para-hydroxylation sites is 1. The maximum absolute atomic E-state index is 10.9. The average Bonchev–Trinajstić information content (AvgIpc) is 2.57. The molecule has 0 radical (unpaired) electrons. The predicted octanol–water partition coefficient (Wildman–Crippen LogP) is 3.49. The van der Waals surface area contributed by atoms with Crippen LogP contribution < -0.4 is 4.90 Å². The minimum atomic E-state index is -0.772. The van der Waals surface area contributed by atoms with E-state index in [2.05, 4.69) is 22.9 Å². The van der Waals surface area contributed by atoms with Crippen molar-refractivity contribution >= 4 is 34.2 Å². The van der Waals surface area contributed by atoms with E-state index in [0.29, 0.717) is 11.1 Å². The number of nitrogens with zero attached hydrogens (tertiary/aromatic N) is 3. The number of likely N-dealkylation sites (N-methyl/N-ethyl adjacent to an activating group) is 1. The Morgan fingerprint density at radius 2 is 2.04 bits per heavy atom. The van der Waals surface area contributed by atoms with Gasteiger partial charge in [0.05, 0.1) is 22.8 Å². The molecule has 0 atom stereocenters. The molecule has 0 amide bonds. The summed E-state index contributed by atoms with van der Waals surface area (Å²) in [4.78, 5) is 19.9. The molecule has 25 heavy (non-hydrogen) atoms. The van der Waals surface area contributed by atoms with Crippen molar-refractivity contribution < 1.29 is 9.90 Å². The van der Waals surface area contributed by atoms with Crippen LogP contribution in [0.15, 0.2) is 18.2 Å². The average molecular weight is 362 g/mol. The number of piperidine rings is 1. The van der Waals surface area contributed by atoms with Gasteiger partial charge < -0.3 is 10.0 Å². The van der Waals surface area contributed by atoms with Crippen LogP contribution in [0.4, 0.5) is 5.69 Å². The van der Waals surface area contributed by atoms with Crippen molar-refractivity contribution in [3.8, 4) is 0 Å². The van der Waals surface area contributed by atoms with Gasteiger partial charge in [-0.3, -0.25) is 14.7 Å². The lowest BCUT2D eigenvalue weighted by atomic mass is 9.99. The smallest absolute Gasteiger partial charge is 0.317 e. The largest absolute Gasteiger partial charge is 0.480 e. The highest BCUT2D eigenvalue weighted by Gasteiger charge is 2.26. The quantitative estimate of drug-likeness (QED) is 0.903. The summed E-state index contributed by atoms with van der Waals surface area (Å²) >= 11 is 6.36. The molecule has 0 saturated carbocycles. The highest BCUT2D eigenvalue weighted by molar-refractivity contribution is 6.35. The number of rotatable bonds is 4. The summed E-state index contributed by atoms with van der Waals surface area (Å²) in [5.74, 6) is -0.772. The van der Waals surface area contributed by atoms with Gasteiger partial charge in [-0.15, -0.1) is 0 Å². The number of halogens is 1. The molecule has 3 rings (SSSR count). The monoisotopic (exact) mass is 361 g/mol. The van der Waals surface area contributed by atoms with E-state index in [0.717, 1.165) is 42.5 Å². The van der Waals surface area contributed by atoms with Gasteiger partial charge in [-0.1, -0.05) is 23.7 Å². The van der Waals surface area contributed by atoms with Gasteiger partial charge in [0, 0.05) is 30.2 Å². The molecular formula is C19H24ClN3O2. The summed E-state index contributed by atoms with van der Waals surface area (Å²) in [6.45, 7) is 6.04. The lowest BCUT2D eigenvalue weighted by Gasteiger charge is -2.38. The Hall–Kier alpha value is -1.85. The fourth-order valence-electron chi connectivity index (χ4n) is 3.73. The minimum Gasteiger partial charge on any atom is -0.480 e. The first-order valence-electron chi connectivity index (χ1n) is 8.61. The van der Waals surface area contributed by atoms with Crippen LogP contribution in [0.1, 0.15) is 24.1 Å². The molecule has 6 heteroatoms. The first kappa shape index (κ1) is 18.0. The number of carboxylic acid groups (broad SMARTS) is 1. The van der Waals surface area contributed by atoms with Crippen molar-refractivity contribution in [3.05, 3.63) is 34.5 Å². The Morgan fingerprint density at radius 3 is 2.68 bits per heavy atom. The zero-order chi connectivity index (χ0) is 18.1. The molecule has 1 aromatic heterocycles. The summed E-state index contributed by atoms with van der Waals surface area (Å²) in [5.41, 5.74) is 4.25. The summed E-state index contributed by atoms with van der Waals surface area (Å²) in [5, 5.41) is 10.8. The number of hydrogen-bond donors (Lipinski definition) is 1. The maximum Gasteiger partial charge on any atom is 0.317 e. The highest BCUT2D eigenvalue weighted by Crippen LogP contribution is 2.35. The number of hydrogen-bond acceptors (Lipinski definition) is 4. The Morgan fingerprint density at radius 1 is 1.36 bits per heavy atom. The molecule has 1 saturated heterocycles. The number of aromatic nitrogens is 1. The van der Waals surface area contributed by atoms with Crippen molar-refractivity contribution in [3.63, 3.8) is 0 Å². The van der Waals surface area contributed by atoms with Crippen molar-refractivity contribution in [2.45, 2.75) is 32.7 Å². The van der Waals surface area contributed by atoms with Crippen LogP contribution in [0.2, 0.25) is 5.02 Å². The number of benzene rings is 1. The highest BCUT2D eigenvalue weighted by atomic mass is 35.5. The van der Waals surface area contributed by atoms with Gasteiger partial charge in [0.25, 0.3) is 0 Å². The predicted molar refractivity (Wildman–Crippen MR) is 102 cm³/mol. The van der Waals surface area contributed by atoms with Crippen LogP contribution >= 0.6 is 11.6 Å². The molecule has 0 unspecified atom stereocenters. The van der Waals surface area contributed by atoms with Gasteiger partial charge >= 0.3 is 5.97 Å². The topological polar surface area (TPSA) is 56.7 Å². The zero-order valence-corrected chi connectivity index (χ0v) is 15.7. The first-order valence-corrected chi connectivity index (χ1v) is 8.98. The zero-order valence-electron chi connectivity index (χ0n) is 14.9. The van der Waals surface area contributed by atoms with Gasteiger partial charge in [0.2, 0.25) is 0 Å². The molecule has 1 N–H and O–H groups in total. The van der Waals surface area contributed by atoms with Gasteiger partial charge in [0.1, 0.15) is 0 Å². The standard InChI is InChI=1S/C19H24ClN3O2/c1-12-13(2)21-18-15(5-4-6-16(18)20)19(12)23-9-7-14(8-10-23)22(3)11-17(24)25/h4-6,14H,7-11H2,1-3H3,(H,24,25). The number of fused-ring (bicyclic) bond motifs is 1. The number of aliphatic carboxylic acids is 1. The Bertz CT molecular complexity index is 801. The molecule has 2 heterocycles. The molecule has 134 valence electrons. The Balaban J connectivity index is 1.88. The Labute approximate surface area is 153 Å². The lowest BCUT2D eigenvalue weighted by Crippen LogP contribution is -2.45. The van der Waals surface area contributed by atoms with E-state index < -0.39 is 5.97 Å². The van der Waals surface area contributed by atoms with Crippen LogP contribution in [-0.2, 0) is 4.79 Å². The summed E-state index contributed by atoms with van der Waals surface area (Å²) in [6, 6.07) is 6.24. The first-order chi connectivity index (χ1) is 11.9. The van der Waals surface area contributed by atoms with Crippen molar-refractivity contribution in [2.24, 2.45) is 0 Å². The van der Waals surface area contributed by atoms with Crippen LogP contribution in [-0.4, -0.2) is 53.7 Å². The van der Waals surface area contributed by atoms with Crippen LogP contribution in [0.25, 0.3) is 10.9 Å². The van der Waals surface area contributed by atoms with E-state index in [1.807, 2.05) is 31.0 Å². The van der Waals surface area contributed by atoms with Gasteiger partial charge in [-0.2, -0.15) is 0 Å². The number of anilines is 1. The van der Waals surface area contributed by atoms with Gasteiger partial charge in [-0.05, 0) is 45.4 Å². The number of aryl methyl sites for hydroxylation is 1. The van der Waals surface area contributed by atoms with E-state index in [1.165, 1.54) is 11.3 Å². The molecular weight excluding hydrogens is 338 g/mol. The molecule has 0 aliphatic carbocycles. The van der Waals surface area contributed by atoms with Crippen LogP contribution in [0, 0.1) is 13.8 Å². The van der Waals surface area contributed by atoms with Gasteiger partial charge in [0.15, 0.2) is 0 Å². The van der Waals surface area contributed by atoms with Crippen LogP contribution in [0.5, 0.6) is 0 Å². The van der Waals surface area contributed by atoms with E-state index >= 15 is 0 Å². The Kier molecular flexibility index (Phi) is 5.16. The lowest BCUT2D eigenvalue weighted by molar-refractivity contribution is -0.138. The van der Waals surface area contributed by atoms with E-state index in [-0.39, 0.29) is 6.54 Å². The van der Waals surface area contributed by atoms with Gasteiger partial charge in [-0.25, -0.2) is 0 Å². The minimum absolute atomic E-state index is 0.0938. The molecule has 2 aromatic rings. The molecule has 1 fully saturated rings. The second-order valence-corrected chi connectivity index (χ2v) is 7.24. The van der Waals surface area contributed by atoms with E-state index in [9.17, 15) is 4.79 Å². The summed E-state index contributed by atoms with van der Waals surface area (Å²) < 4.78 is 0. The van der Waals surface area contributed by atoms with Crippen molar-refractivity contribution in [2.75, 3.05) is 31.6 Å². The summed E-state index contributed by atoms with van der Waals surface area (Å²) in [6.07, 6.45) is 1.90. The third-order valence-corrected chi connectivity index (χ3v) is 5.51. The molecule has 0 bridgehead atoms. The third kappa shape index (κ3) is 3.58. The second kappa shape index (κ2) is 7.18. The van der Waals surface area contributed by atoms with Crippen LogP contribution in [0.3, 0.4) is 0 Å². The third-order valence-electron chi connectivity index (χ3n) is 5.21. The molecule has 1 aliphatic heterocycles. The van der Waals surface area contributed by atoms with Crippen molar-refractivity contribution in [1.29, 1.82) is 0 Å². The number of pyridine rings is 1. The molecule has 5 nitrogen and oxygen atoms in total. The fraction of sp³-hybridized carbons (Fsp3) is 0.474. The normalized spacial score (nSPS) is 16.0. The fourth-order valence-corrected chi connectivity index (χ4v) is 3.94. The number of carbonyl (C=O) groups is 1. The molecule has 1 aromatic carbocycles. The summed E-state index contributed by atoms with van der Waals surface area (Å²) in [7, 11) is 1.89. The van der Waals surface area contributed by atoms with E-state index in [1.54, 1.807) is 0 Å². The van der Waals surface area contributed by atoms with Crippen molar-refractivity contribution in [1.82, 2.24) is 9.88 Å². The number of carboxylic acids is 1. The maximum atomic E-state index is 10.9. The molecule has 1 aliphatic rings. The molecule has 0 spiro atoms. The second-order valence-electron chi connectivity index (χ2n) is 6.83.